The number of methoxy groups -OCH3 is 1. The number of fused-ring (bicyclic) bond motifs is 1. The van der Waals surface area contributed by atoms with E-state index in [0.29, 0.717) is 34.4 Å². The van der Waals surface area contributed by atoms with Gasteiger partial charge in [-0.05, 0) is 57.0 Å². The summed E-state index contributed by atoms with van der Waals surface area (Å²) in [6.45, 7) is 5.08. The smallest absolute Gasteiger partial charge is 0.255 e. The monoisotopic (exact) mass is 526 g/mol. The Balaban J connectivity index is 1.16. The minimum Gasteiger partial charge on any atom is -0.493 e. The fourth-order valence-corrected chi connectivity index (χ4v) is 5.10. The van der Waals surface area contributed by atoms with E-state index in [1.54, 1.807) is 32.2 Å². The maximum Gasteiger partial charge on any atom is 0.255 e. The van der Waals surface area contributed by atoms with E-state index < -0.39 is 0 Å². The van der Waals surface area contributed by atoms with Crippen molar-refractivity contribution in [3.63, 3.8) is 0 Å². The van der Waals surface area contributed by atoms with Gasteiger partial charge >= 0.3 is 0 Å². The number of carbonyl (C=O) groups excluding carboxylic acids is 1. The molecule has 0 radical (unpaired) electrons. The van der Waals surface area contributed by atoms with Gasteiger partial charge in [-0.1, -0.05) is 48.5 Å². The average molecular weight is 527 g/mol. The number of rotatable bonds is 9. The lowest BCUT2D eigenvalue weighted by Crippen LogP contribution is -2.39. The highest BCUT2D eigenvalue weighted by Gasteiger charge is 2.22. The minimum atomic E-state index is -0.240. The molecule has 4 aromatic rings. The van der Waals surface area contributed by atoms with Gasteiger partial charge in [0.05, 0.1) is 18.1 Å². The van der Waals surface area contributed by atoms with Crippen molar-refractivity contribution in [2.75, 3.05) is 33.3 Å². The Kier molecular flexibility index (Phi) is 8.27. The Morgan fingerprint density at radius 1 is 0.974 bits per heavy atom. The predicted octanol–water partition coefficient (Wildman–Crippen LogP) is 5.44. The Bertz CT molecular complexity index is 1490. The summed E-state index contributed by atoms with van der Waals surface area (Å²) >= 11 is 0. The molecule has 1 amide bonds. The molecule has 2 heterocycles. The molecular weight excluding hydrogens is 492 g/mol. The van der Waals surface area contributed by atoms with E-state index in [1.807, 2.05) is 54.6 Å². The Labute approximate surface area is 228 Å². The molecule has 1 aromatic heterocycles. The van der Waals surface area contributed by atoms with E-state index in [9.17, 15) is 9.59 Å². The molecular formula is C32H34N2O5. The van der Waals surface area contributed by atoms with Crippen LogP contribution in [0.2, 0.25) is 0 Å². The zero-order valence-corrected chi connectivity index (χ0v) is 22.4. The molecule has 5 rings (SSSR count). The summed E-state index contributed by atoms with van der Waals surface area (Å²) in [4.78, 5) is 28.6. The number of carbonyl (C=O) groups is 1. The summed E-state index contributed by atoms with van der Waals surface area (Å²) in [5.41, 5.74) is 1.91. The molecule has 1 aliphatic heterocycles. The Hall–Kier alpha value is -4.10. The third kappa shape index (κ3) is 5.99. The van der Waals surface area contributed by atoms with Crippen LogP contribution in [-0.2, 0) is 0 Å². The number of benzene rings is 3. The highest BCUT2D eigenvalue weighted by molar-refractivity contribution is 6.05. The summed E-state index contributed by atoms with van der Waals surface area (Å²) in [5.74, 6) is 1.80. The molecule has 0 bridgehead atoms. The molecule has 1 N–H and O–H groups in total. The van der Waals surface area contributed by atoms with Crippen molar-refractivity contribution in [1.82, 2.24) is 10.2 Å². The van der Waals surface area contributed by atoms with Gasteiger partial charge in [-0.25, -0.2) is 0 Å². The van der Waals surface area contributed by atoms with Crippen molar-refractivity contribution in [2.45, 2.75) is 32.3 Å². The molecule has 7 heteroatoms. The molecule has 1 saturated heterocycles. The number of nitrogens with one attached hydrogen (secondary N) is 1. The lowest BCUT2D eigenvalue weighted by Gasteiger charge is -2.32. The molecule has 39 heavy (non-hydrogen) atoms. The lowest BCUT2D eigenvalue weighted by atomic mass is 10.0. The molecule has 202 valence electrons. The Morgan fingerprint density at radius 2 is 1.69 bits per heavy atom. The lowest BCUT2D eigenvalue weighted by molar-refractivity contribution is 0.0929. The van der Waals surface area contributed by atoms with Gasteiger partial charge < -0.3 is 24.1 Å². The summed E-state index contributed by atoms with van der Waals surface area (Å²) in [7, 11) is 1.66. The highest BCUT2D eigenvalue weighted by Crippen LogP contribution is 2.29. The fraction of sp³-hybridized carbons (Fsp3) is 0.312. The van der Waals surface area contributed by atoms with Crippen molar-refractivity contribution >= 4 is 16.9 Å². The van der Waals surface area contributed by atoms with Crippen LogP contribution in [0.3, 0.4) is 0 Å². The molecule has 0 spiro atoms. The second kappa shape index (κ2) is 12.2. The van der Waals surface area contributed by atoms with Gasteiger partial charge in [0.1, 0.15) is 11.9 Å². The molecule has 7 nitrogen and oxygen atoms in total. The summed E-state index contributed by atoms with van der Waals surface area (Å²) in [6.07, 6.45) is 2.89. The maximum absolute atomic E-state index is 13.1. The number of nitrogens with zero attached hydrogens (tertiary/aromatic N) is 1. The SMILES string of the molecule is COc1ccccc1OC1CCN(CCCNC(=O)c2cccc3c(=O)c(C)c(-c4ccccc4)oc23)CC1. The molecule has 0 unspecified atom stereocenters. The van der Waals surface area contributed by atoms with Crippen LogP contribution in [-0.4, -0.2) is 50.2 Å². The number of piperidine rings is 1. The summed E-state index contributed by atoms with van der Waals surface area (Å²) < 4.78 is 17.8. The molecule has 1 aliphatic rings. The Morgan fingerprint density at radius 3 is 2.44 bits per heavy atom. The number of hydrogen-bond acceptors (Lipinski definition) is 6. The van der Waals surface area contributed by atoms with Crippen LogP contribution >= 0.6 is 0 Å². The van der Waals surface area contributed by atoms with Gasteiger partial charge in [0.2, 0.25) is 0 Å². The third-order valence-corrected chi connectivity index (χ3v) is 7.26. The average Bonchev–Trinajstić information content (AvgIpc) is 2.98. The van der Waals surface area contributed by atoms with Crippen LogP contribution in [0.25, 0.3) is 22.3 Å². The number of likely N-dealkylation sites (tertiary alicyclic amines) is 1. The third-order valence-electron chi connectivity index (χ3n) is 7.26. The first-order chi connectivity index (χ1) is 19.0. The number of para-hydroxylation sites is 3. The molecule has 1 fully saturated rings. The molecule has 0 atom stereocenters. The predicted molar refractivity (Wildman–Crippen MR) is 153 cm³/mol. The standard InChI is InChI=1S/C32H34N2O5/c1-22-29(35)25-12-8-13-26(31(25)39-30(22)23-10-4-3-5-11-23)32(36)33-18-9-19-34-20-16-24(17-21-34)38-28-15-7-6-14-27(28)37-2/h3-8,10-15,24H,9,16-21H2,1-2H3,(H,33,36). The normalized spacial score (nSPS) is 14.3. The van der Waals surface area contributed by atoms with E-state index in [4.69, 9.17) is 13.9 Å². The zero-order valence-electron chi connectivity index (χ0n) is 22.4. The van der Waals surface area contributed by atoms with E-state index in [2.05, 4.69) is 10.2 Å². The summed E-state index contributed by atoms with van der Waals surface area (Å²) in [6, 6.07) is 22.4. The van der Waals surface area contributed by atoms with E-state index >= 15 is 0 Å². The van der Waals surface area contributed by atoms with Gasteiger partial charge in [-0.3, -0.25) is 9.59 Å². The van der Waals surface area contributed by atoms with E-state index in [0.717, 1.165) is 56.0 Å². The number of ether oxygens (including phenoxy) is 2. The quantitative estimate of drug-likeness (QED) is 0.293. The van der Waals surface area contributed by atoms with Gasteiger partial charge in [-0.15, -0.1) is 0 Å². The first-order valence-corrected chi connectivity index (χ1v) is 13.5. The van der Waals surface area contributed by atoms with Gasteiger partial charge in [0.15, 0.2) is 22.5 Å². The molecule has 0 aliphatic carbocycles. The number of amides is 1. The van der Waals surface area contributed by atoms with Crippen molar-refractivity contribution in [3.8, 4) is 22.8 Å². The zero-order chi connectivity index (χ0) is 27.2. The minimum absolute atomic E-state index is 0.122. The van der Waals surface area contributed by atoms with E-state index in [-0.39, 0.29) is 17.4 Å². The second-order valence-corrected chi connectivity index (χ2v) is 9.85. The largest absolute Gasteiger partial charge is 0.493 e. The van der Waals surface area contributed by atoms with E-state index in [1.165, 1.54) is 0 Å². The van der Waals surface area contributed by atoms with Crippen molar-refractivity contribution < 1.29 is 18.7 Å². The van der Waals surface area contributed by atoms with Crippen LogP contribution in [0.1, 0.15) is 35.2 Å². The molecule has 0 saturated carbocycles. The van der Waals surface area contributed by atoms with Gasteiger partial charge in [0, 0.05) is 30.8 Å². The van der Waals surface area contributed by atoms with Gasteiger partial charge in [0.25, 0.3) is 5.91 Å². The summed E-state index contributed by atoms with van der Waals surface area (Å²) in [5, 5.41) is 3.43. The van der Waals surface area contributed by atoms with Crippen molar-refractivity contribution in [1.29, 1.82) is 0 Å². The fourth-order valence-electron chi connectivity index (χ4n) is 5.10. The van der Waals surface area contributed by atoms with Crippen LogP contribution in [0.15, 0.2) is 82.0 Å². The second-order valence-electron chi connectivity index (χ2n) is 9.85. The topological polar surface area (TPSA) is 81.0 Å². The maximum atomic E-state index is 13.1. The van der Waals surface area contributed by atoms with Crippen LogP contribution < -0.4 is 20.2 Å². The van der Waals surface area contributed by atoms with Crippen LogP contribution in [0.5, 0.6) is 11.5 Å². The van der Waals surface area contributed by atoms with Crippen LogP contribution in [0.4, 0.5) is 0 Å². The highest BCUT2D eigenvalue weighted by atomic mass is 16.5. The van der Waals surface area contributed by atoms with Crippen LogP contribution in [0, 0.1) is 6.92 Å². The van der Waals surface area contributed by atoms with Gasteiger partial charge in [-0.2, -0.15) is 0 Å². The van der Waals surface area contributed by atoms with Crippen molar-refractivity contribution in [3.05, 3.63) is 94.1 Å². The first kappa shape index (κ1) is 26.5. The van der Waals surface area contributed by atoms with Crippen molar-refractivity contribution in [2.24, 2.45) is 0 Å². The number of hydrogen-bond donors (Lipinski definition) is 1. The molecule has 3 aromatic carbocycles. The first-order valence-electron chi connectivity index (χ1n) is 13.5.